The molecule has 4 nitrogen and oxygen atoms in total. The highest BCUT2D eigenvalue weighted by Gasteiger charge is 2.17. The van der Waals surface area contributed by atoms with Gasteiger partial charge in [0.1, 0.15) is 6.04 Å². The summed E-state index contributed by atoms with van der Waals surface area (Å²) in [5.41, 5.74) is 0. The first-order valence-corrected chi connectivity index (χ1v) is 4.89. The molecular formula is C9H18N2O2. The van der Waals surface area contributed by atoms with Crippen LogP contribution < -0.4 is 10.6 Å². The van der Waals surface area contributed by atoms with Gasteiger partial charge >= 0.3 is 5.97 Å². The molecule has 13 heavy (non-hydrogen) atoms. The second-order valence-electron chi connectivity index (χ2n) is 3.60. The molecule has 0 saturated carbocycles. The minimum absolute atomic E-state index is 0.362. The summed E-state index contributed by atoms with van der Waals surface area (Å²) in [6, 6.07) is -0.0656. The Balaban J connectivity index is 2.29. The lowest BCUT2D eigenvalue weighted by atomic mass is 10.1. The van der Waals surface area contributed by atoms with E-state index in [1.807, 2.05) is 0 Å². The third kappa shape index (κ3) is 3.74. The highest BCUT2D eigenvalue weighted by Crippen LogP contribution is 2.05. The van der Waals surface area contributed by atoms with E-state index in [2.05, 4.69) is 10.6 Å². The van der Waals surface area contributed by atoms with E-state index in [-0.39, 0.29) is 0 Å². The first-order chi connectivity index (χ1) is 6.20. The number of hydrogen-bond donors (Lipinski definition) is 3. The Labute approximate surface area is 78.7 Å². The summed E-state index contributed by atoms with van der Waals surface area (Å²) < 4.78 is 0. The average Bonchev–Trinajstić information content (AvgIpc) is 2.32. The van der Waals surface area contributed by atoms with Crippen molar-refractivity contribution >= 4 is 5.97 Å². The molecule has 1 unspecified atom stereocenters. The molecule has 0 aromatic heterocycles. The number of carboxylic acid groups (broad SMARTS) is 1. The number of nitrogens with one attached hydrogen (secondary N) is 2. The number of carbonyl (C=O) groups is 1. The molecule has 0 aromatic rings. The maximum atomic E-state index is 10.6. The number of carboxylic acids is 1. The Hall–Kier alpha value is -0.610. The van der Waals surface area contributed by atoms with Gasteiger partial charge in [-0.2, -0.15) is 0 Å². The Kier molecular flexibility index (Phi) is 4.18. The van der Waals surface area contributed by atoms with Crippen LogP contribution in [0, 0.1) is 0 Å². The van der Waals surface area contributed by atoms with Crippen molar-refractivity contribution in [1.82, 2.24) is 10.6 Å². The van der Waals surface area contributed by atoms with Gasteiger partial charge in [-0.25, -0.2) is 0 Å². The Morgan fingerprint density at radius 3 is 3.00 bits per heavy atom. The molecule has 0 aromatic carbocycles. The summed E-state index contributed by atoms with van der Waals surface area (Å²) >= 11 is 0. The lowest BCUT2D eigenvalue weighted by molar-refractivity contribution is -0.139. The van der Waals surface area contributed by atoms with E-state index < -0.39 is 12.0 Å². The Morgan fingerprint density at radius 2 is 2.31 bits per heavy atom. The van der Waals surface area contributed by atoms with Crippen LogP contribution in [-0.4, -0.2) is 36.2 Å². The molecule has 0 amide bonds. The van der Waals surface area contributed by atoms with E-state index in [1.165, 1.54) is 0 Å². The highest BCUT2D eigenvalue weighted by molar-refractivity contribution is 5.72. The molecule has 1 fully saturated rings. The summed E-state index contributed by atoms with van der Waals surface area (Å²) in [6.45, 7) is 3.74. The van der Waals surface area contributed by atoms with Crippen LogP contribution in [0.25, 0.3) is 0 Å². The molecule has 76 valence electrons. The van der Waals surface area contributed by atoms with Gasteiger partial charge in [-0.1, -0.05) is 0 Å². The molecule has 0 bridgehead atoms. The molecule has 3 N–H and O–H groups in total. The van der Waals surface area contributed by atoms with Crippen molar-refractivity contribution in [2.75, 3.05) is 13.1 Å². The van der Waals surface area contributed by atoms with Crippen molar-refractivity contribution in [2.24, 2.45) is 0 Å². The van der Waals surface area contributed by atoms with Crippen LogP contribution >= 0.6 is 0 Å². The van der Waals surface area contributed by atoms with Crippen LogP contribution in [0.4, 0.5) is 0 Å². The van der Waals surface area contributed by atoms with Crippen molar-refractivity contribution < 1.29 is 9.90 Å². The monoisotopic (exact) mass is 186 g/mol. The Bertz CT molecular complexity index is 165. The SMILES string of the molecule is C[C@@H](NC1CCCNCC1)C(=O)O. The normalized spacial score (nSPS) is 26.4. The van der Waals surface area contributed by atoms with Gasteiger partial charge in [-0.15, -0.1) is 0 Å². The predicted octanol–water partition coefficient (Wildman–Crippen LogP) is 0.191. The maximum Gasteiger partial charge on any atom is 0.320 e. The molecular weight excluding hydrogens is 168 g/mol. The highest BCUT2D eigenvalue weighted by atomic mass is 16.4. The smallest absolute Gasteiger partial charge is 0.320 e. The van der Waals surface area contributed by atoms with Gasteiger partial charge in [0.15, 0.2) is 0 Å². The van der Waals surface area contributed by atoms with E-state index in [9.17, 15) is 4.79 Å². The molecule has 1 rings (SSSR count). The number of rotatable bonds is 3. The van der Waals surface area contributed by atoms with Gasteiger partial charge in [0, 0.05) is 6.04 Å². The largest absolute Gasteiger partial charge is 0.480 e. The van der Waals surface area contributed by atoms with Crippen molar-refractivity contribution in [3.63, 3.8) is 0 Å². The van der Waals surface area contributed by atoms with Gasteiger partial charge in [0.25, 0.3) is 0 Å². The fraction of sp³-hybridized carbons (Fsp3) is 0.889. The number of aliphatic carboxylic acids is 1. The molecule has 2 atom stereocenters. The van der Waals surface area contributed by atoms with Crippen LogP contribution in [0.15, 0.2) is 0 Å². The summed E-state index contributed by atoms with van der Waals surface area (Å²) in [5, 5.41) is 15.1. The van der Waals surface area contributed by atoms with Gasteiger partial charge in [-0.3, -0.25) is 4.79 Å². The lowest BCUT2D eigenvalue weighted by Gasteiger charge is -2.18. The third-order valence-electron chi connectivity index (χ3n) is 2.43. The zero-order valence-electron chi connectivity index (χ0n) is 8.05. The molecule has 1 saturated heterocycles. The quantitative estimate of drug-likeness (QED) is 0.589. The zero-order valence-corrected chi connectivity index (χ0v) is 8.05. The van der Waals surface area contributed by atoms with Gasteiger partial charge in [-0.05, 0) is 39.3 Å². The van der Waals surface area contributed by atoms with E-state index >= 15 is 0 Å². The van der Waals surface area contributed by atoms with Crippen molar-refractivity contribution in [1.29, 1.82) is 0 Å². The van der Waals surface area contributed by atoms with E-state index in [0.29, 0.717) is 6.04 Å². The molecule has 1 aliphatic heterocycles. The standard InChI is InChI=1S/C9H18N2O2/c1-7(9(12)13)11-8-3-2-5-10-6-4-8/h7-8,10-11H,2-6H2,1H3,(H,12,13)/t7-,8?/m1/s1. The van der Waals surface area contributed by atoms with E-state index in [0.717, 1.165) is 32.4 Å². The fourth-order valence-electron chi connectivity index (χ4n) is 1.61. The molecule has 0 aliphatic carbocycles. The summed E-state index contributed by atoms with van der Waals surface area (Å²) in [5.74, 6) is -0.766. The van der Waals surface area contributed by atoms with Crippen molar-refractivity contribution in [3.8, 4) is 0 Å². The molecule has 0 spiro atoms. The van der Waals surface area contributed by atoms with E-state index in [1.54, 1.807) is 6.92 Å². The first-order valence-electron chi connectivity index (χ1n) is 4.89. The first kappa shape index (κ1) is 10.5. The molecule has 4 heteroatoms. The van der Waals surface area contributed by atoms with Gasteiger partial charge in [0.2, 0.25) is 0 Å². The average molecular weight is 186 g/mol. The summed E-state index contributed by atoms with van der Waals surface area (Å²) in [4.78, 5) is 10.6. The minimum Gasteiger partial charge on any atom is -0.480 e. The fourth-order valence-corrected chi connectivity index (χ4v) is 1.61. The van der Waals surface area contributed by atoms with Crippen molar-refractivity contribution in [3.05, 3.63) is 0 Å². The van der Waals surface area contributed by atoms with Crippen molar-refractivity contribution in [2.45, 2.75) is 38.3 Å². The minimum atomic E-state index is -0.766. The lowest BCUT2D eigenvalue weighted by Crippen LogP contribution is -2.41. The zero-order chi connectivity index (χ0) is 9.68. The summed E-state index contributed by atoms with van der Waals surface area (Å²) in [7, 11) is 0. The maximum absolute atomic E-state index is 10.6. The molecule has 0 radical (unpaired) electrons. The van der Waals surface area contributed by atoms with Crippen LogP contribution in [0.3, 0.4) is 0 Å². The van der Waals surface area contributed by atoms with Gasteiger partial charge in [0.05, 0.1) is 0 Å². The van der Waals surface area contributed by atoms with Crippen LogP contribution in [0.2, 0.25) is 0 Å². The van der Waals surface area contributed by atoms with Gasteiger partial charge < -0.3 is 15.7 Å². The molecule has 1 aliphatic rings. The van der Waals surface area contributed by atoms with Crippen LogP contribution in [-0.2, 0) is 4.79 Å². The summed E-state index contributed by atoms with van der Waals surface area (Å²) in [6.07, 6.45) is 3.23. The number of hydrogen-bond acceptors (Lipinski definition) is 3. The van der Waals surface area contributed by atoms with Crippen LogP contribution in [0.1, 0.15) is 26.2 Å². The third-order valence-corrected chi connectivity index (χ3v) is 2.43. The second kappa shape index (κ2) is 5.19. The molecule has 1 heterocycles. The predicted molar refractivity (Wildman–Crippen MR) is 50.7 cm³/mol. The Morgan fingerprint density at radius 1 is 1.54 bits per heavy atom. The van der Waals surface area contributed by atoms with E-state index in [4.69, 9.17) is 5.11 Å². The topological polar surface area (TPSA) is 61.4 Å². The second-order valence-corrected chi connectivity index (χ2v) is 3.60. The van der Waals surface area contributed by atoms with Crippen LogP contribution in [0.5, 0.6) is 0 Å².